The zero-order chi connectivity index (χ0) is 20.2. The number of aliphatic hydroxyl groups is 1. The van der Waals surface area contributed by atoms with E-state index in [-0.39, 0.29) is 11.3 Å². The molecule has 3 aliphatic rings. The molecule has 0 radical (unpaired) electrons. The molecule has 2 heteroatoms. The fourth-order valence-corrected chi connectivity index (χ4v) is 6.81. The van der Waals surface area contributed by atoms with Crippen LogP contribution in [0.4, 0.5) is 0 Å². The van der Waals surface area contributed by atoms with Crippen LogP contribution in [0, 0.1) is 5.92 Å². The predicted molar refractivity (Wildman–Crippen MR) is 121 cm³/mol. The molecule has 6 rings (SSSR count). The Morgan fingerprint density at radius 3 is 2.00 bits per heavy atom. The predicted octanol–water partition coefficient (Wildman–Crippen LogP) is 5.10. The largest absolute Gasteiger partial charge is 0.385 e. The van der Waals surface area contributed by atoms with E-state index < -0.39 is 5.60 Å². The van der Waals surface area contributed by atoms with Crippen molar-refractivity contribution >= 4 is 0 Å². The van der Waals surface area contributed by atoms with Crippen molar-refractivity contribution in [2.45, 2.75) is 42.6 Å². The highest BCUT2D eigenvalue weighted by Crippen LogP contribution is 2.64. The molecule has 2 bridgehead atoms. The van der Waals surface area contributed by atoms with Gasteiger partial charge in [0.15, 0.2) is 0 Å². The quantitative estimate of drug-likeness (QED) is 0.644. The summed E-state index contributed by atoms with van der Waals surface area (Å²) in [5.74, 6) is 0.736. The minimum atomic E-state index is -0.831. The van der Waals surface area contributed by atoms with Crippen molar-refractivity contribution in [3.05, 3.63) is 107 Å². The van der Waals surface area contributed by atoms with Gasteiger partial charge in [0.05, 0.1) is 5.60 Å². The molecule has 0 spiro atoms. The lowest BCUT2D eigenvalue weighted by atomic mass is 9.63. The van der Waals surface area contributed by atoms with Crippen LogP contribution in [-0.4, -0.2) is 18.2 Å². The van der Waals surface area contributed by atoms with Gasteiger partial charge < -0.3 is 10.4 Å². The molecule has 1 aliphatic heterocycles. The van der Waals surface area contributed by atoms with Gasteiger partial charge in [-0.2, -0.15) is 0 Å². The zero-order valence-corrected chi connectivity index (χ0v) is 17.4. The van der Waals surface area contributed by atoms with E-state index in [9.17, 15) is 5.11 Å². The Kier molecular flexibility index (Phi) is 4.16. The molecule has 1 fully saturated rings. The average Bonchev–Trinajstić information content (AvgIpc) is 3.32. The van der Waals surface area contributed by atoms with Crippen molar-refractivity contribution in [3.8, 4) is 0 Å². The number of benzene rings is 3. The Labute approximate surface area is 179 Å². The molecule has 0 amide bonds. The summed E-state index contributed by atoms with van der Waals surface area (Å²) in [5.41, 5.74) is 5.97. The van der Waals surface area contributed by atoms with Crippen molar-refractivity contribution < 1.29 is 5.11 Å². The van der Waals surface area contributed by atoms with E-state index in [2.05, 4.69) is 84.2 Å². The first-order valence-electron chi connectivity index (χ1n) is 11.4. The third kappa shape index (κ3) is 2.50. The van der Waals surface area contributed by atoms with E-state index in [1.54, 1.807) is 0 Å². The highest BCUT2D eigenvalue weighted by atomic mass is 16.3. The van der Waals surface area contributed by atoms with E-state index in [4.69, 9.17) is 0 Å². The first kappa shape index (κ1) is 18.4. The maximum absolute atomic E-state index is 12.5. The molecule has 1 atom stereocenters. The van der Waals surface area contributed by atoms with Crippen LogP contribution in [0.15, 0.2) is 78.9 Å². The van der Waals surface area contributed by atoms with Crippen LogP contribution in [0.2, 0.25) is 0 Å². The molecule has 0 saturated carbocycles. The summed E-state index contributed by atoms with van der Waals surface area (Å²) in [6.45, 7) is 1.98. The summed E-state index contributed by atoms with van der Waals surface area (Å²) in [5, 5.41) is 16.0. The maximum Gasteiger partial charge on any atom is 0.0937 e. The van der Waals surface area contributed by atoms with Crippen LogP contribution >= 0.6 is 0 Å². The minimum absolute atomic E-state index is 0.104. The fourth-order valence-electron chi connectivity index (χ4n) is 6.81. The highest BCUT2D eigenvalue weighted by molar-refractivity contribution is 5.63. The summed E-state index contributed by atoms with van der Waals surface area (Å²) < 4.78 is 0. The van der Waals surface area contributed by atoms with Crippen LogP contribution in [0.3, 0.4) is 0 Å². The number of hydrogen-bond donors (Lipinski definition) is 2. The fraction of sp³-hybridized carbons (Fsp3) is 0.357. The monoisotopic (exact) mass is 395 g/mol. The van der Waals surface area contributed by atoms with E-state index in [0.29, 0.717) is 5.92 Å². The van der Waals surface area contributed by atoms with Crippen molar-refractivity contribution in [3.63, 3.8) is 0 Å². The molecule has 30 heavy (non-hydrogen) atoms. The van der Waals surface area contributed by atoms with Gasteiger partial charge >= 0.3 is 0 Å². The van der Waals surface area contributed by atoms with E-state index in [0.717, 1.165) is 44.3 Å². The molecule has 3 aromatic rings. The van der Waals surface area contributed by atoms with Crippen LogP contribution in [0.1, 0.15) is 59.4 Å². The van der Waals surface area contributed by atoms with E-state index in [1.807, 2.05) is 0 Å². The van der Waals surface area contributed by atoms with Crippen LogP contribution in [-0.2, 0) is 11.0 Å². The Bertz CT molecular complexity index is 1020. The minimum Gasteiger partial charge on any atom is -0.385 e. The number of nitrogens with one attached hydrogen (secondary N) is 1. The Morgan fingerprint density at radius 2 is 1.37 bits per heavy atom. The Balaban J connectivity index is 1.53. The lowest BCUT2D eigenvalue weighted by Gasteiger charge is -2.45. The van der Waals surface area contributed by atoms with Crippen LogP contribution in [0.5, 0.6) is 0 Å². The molecule has 152 valence electrons. The molecule has 1 heterocycles. The average molecular weight is 396 g/mol. The van der Waals surface area contributed by atoms with Gasteiger partial charge in [0.25, 0.3) is 0 Å². The summed E-state index contributed by atoms with van der Waals surface area (Å²) in [6.07, 6.45) is 3.90. The first-order valence-corrected chi connectivity index (χ1v) is 11.4. The number of hydrogen-bond acceptors (Lipinski definition) is 2. The number of piperidine rings is 1. The summed E-state index contributed by atoms with van der Waals surface area (Å²) in [6, 6.07) is 28.4. The van der Waals surface area contributed by atoms with Crippen molar-refractivity contribution in [1.82, 2.24) is 5.32 Å². The third-order valence-electron chi connectivity index (χ3n) is 8.12. The molecule has 3 aromatic carbocycles. The Morgan fingerprint density at radius 1 is 0.800 bits per heavy atom. The van der Waals surface area contributed by atoms with Crippen molar-refractivity contribution in [2.75, 3.05) is 13.1 Å². The van der Waals surface area contributed by atoms with E-state index >= 15 is 0 Å². The molecular weight excluding hydrogens is 366 g/mol. The second-order valence-corrected chi connectivity index (χ2v) is 9.50. The second-order valence-electron chi connectivity index (χ2n) is 9.50. The van der Waals surface area contributed by atoms with Gasteiger partial charge in [-0.25, -0.2) is 0 Å². The van der Waals surface area contributed by atoms with Crippen LogP contribution in [0.25, 0.3) is 0 Å². The normalized spacial score (nSPS) is 26.8. The van der Waals surface area contributed by atoms with Crippen molar-refractivity contribution in [2.24, 2.45) is 5.92 Å². The molecule has 2 nitrogen and oxygen atoms in total. The van der Waals surface area contributed by atoms with Gasteiger partial charge in [-0.15, -0.1) is 0 Å². The van der Waals surface area contributed by atoms with Gasteiger partial charge in [0.1, 0.15) is 0 Å². The molecule has 1 saturated heterocycles. The molecule has 0 aromatic heterocycles. The number of fused-ring (bicyclic) bond motifs is 8. The molecular formula is C28H29NO. The zero-order valence-electron chi connectivity index (χ0n) is 17.4. The SMILES string of the molecule is OC(CC12CC(c3ccccc31)c1ccccc12)(c1ccccc1)C1CCNCC1. The third-order valence-corrected chi connectivity index (χ3v) is 8.12. The summed E-state index contributed by atoms with van der Waals surface area (Å²) >= 11 is 0. The topological polar surface area (TPSA) is 32.3 Å². The number of rotatable bonds is 4. The highest BCUT2D eigenvalue weighted by Gasteiger charge is 2.56. The van der Waals surface area contributed by atoms with Gasteiger partial charge in [0.2, 0.25) is 0 Å². The van der Waals surface area contributed by atoms with E-state index in [1.165, 1.54) is 22.3 Å². The van der Waals surface area contributed by atoms with Crippen molar-refractivity contribution in [1.29, 1.82) is 0 Å². The lowest BCUT2D eigenvalue weighted by Crippen LogP contribution is -2.46. The van der Waals surface area contributed by atoms with Crippen LogP contribution < -0.4 is 5.32 Å². The van der Waals surface area contributed by atoms with Gasteiger partial charge in [0, 0.05) is 11.3 Å². The Hall–Kier alpha value is -2.42. The maximum atomic E-state index is 12.5. The standard InChI is InChI=1S/C28H29NO/c30-28(20-8-2-1-3-9-20,21-14-16-29-17-15-21)19-27-18-24(22-10-4-6-12-25(22)27)23-11-5-7-13-26(23)27/h1-13,21,24,29-30H,14-19H2. The van der Waals surface area contributed by atoms with Gasteiger partial charge in [-0.05, 0) is 72.5 Å². The molecule has 2 N–H and O–H groups in total. The lowest BCUT2D eigenvalue weighted by molar-refractivity contribution is -0.0564. The second kappa shape index (κ2) is 6.80. The van der Waals surface area contributed by atoms with Gasteiger partial charge in [-0.1, -0.05) is 78.9 Å². The molecule has 2 aliphatic carbocycles. The first-order chi connectivity index (χ1) is 14.7. The summed E-state index contributed by atoms with van der Waals surface area (Å²) in [7, 11) is 0. The van der Waals surface area contributed by atoms with Gasteiger partial charge in [-0.3, -0.25) is 0 Å². The smallest absolute Gasteiger partial charge is 0.0937 e. The summed E-state index contributed by atoms with van der Waals surface area (Å²) in [4.78, 5) is 0. The molecule has 1 unspecified atom stereocenters.